The van der Waals surface area contributed by atoms with E-state index in [0.29, 0.717) is 10.1 Å². The maximum atomic E-state index is 11.4. The topological polar surface area (TPSA) is 64.0 Å². The molecule has 0 saturated carbocycles. The van der Waals surface area contributed by atoms with Gasteiger partial charge in [0.05, 0.1) is 9.90 Å². The monoisotopic (exact) mass is 307 g/mol. The molecule has 1 heterocycles. The smallest absolute Gasteiger partial charge is 0.267 e. The van der Waals surface area contributed by atoms with E-state index in [1.807, 2.05) is 29.5 Å². The Kier molecular flexibility index (Phi) is 4.05. The Morgan fingerprint density at radius 1 is 1.71 bits per heavy atom. The van der Waals surface area contributed by atoms with Gasteiger partial charge in [0, 0.05) is 12.7 Å². The minimum Gasteiger partial charge on any atom is -0.355 e. The van der Waals surface area contributed by atoms with Crippen molar-refractivity contribution in [3.05, 3.63) is 26.4 Å². The van der Waals surface area contributed by atoms with Crippen LogP contribution in [0.25, 0.3) is 0 Å². The highest BCUT2D eigenvalue weighted by atomic mass is 127. The molecule has 0 spiro atoms. The van der Waals surface area contributed by atoms with Crippen LogP contribution in [0.5, 0.6) is 0 Å². The van der Waals surface area contributed by atoms with Gasteiger partial charge >= 0.3 is 0 Å². The second-order valence-corrected chi connectivity index (χ2v) is 3.79. The highest BCUT2D eigenvalue weighted by Gasteiger charge is 2.04. The summed E-state index contributed by atoms with van der Waals surface area (Å²) in [5.41, 5.74) is -0.188. The van der Waals surface area contributed by atoms with Gasteiger partial charge < -0.3 is 5.32 Å². The van der Waals surface area contributed by atoms with Crippen molar-refractivity contribution in [2.75, 3.05) is 6.54 Å². The highest BCUT2D eigenvalue weighted by molar-refractivity contribution is 14.1. The van der Waals surface area contributed by atoms with Gasteiger partial charge in [-0.05, 0) is 29.5 Å². The van der Waals surface area contributed by atoms with Gasteiger partial charge in [0.25, 0.3) is 5.56 Å². The van der Waals surface area contributed by atoms with E-state index in [1.165, 1.54) is 17.1 Å². The van der Waals surface area contributed by atoms with Gasteiger partial charge in [0.15, 0.2) is 0 Å². The first kappa shape index (κ1) is 11.2. The predicted molar refractivity (Wildman–Crippen MR) is 59.9 cm³/mol. The molecule has 1 amide bonds. The Labute approximate surface area is 94.7 Å². The summed E-state index contributed by atoms with van der Waals surface area (Å²) in [5.74, 6) is -0.182. The second-order valence-electron chi connectivity index (χ2n) is 2.63. The largest absolute Gasteiger partial charge is 0.355 e. The van der Waals surface area contributed by atoms with E-state index in [-0.39, 0.29) is 18.0 Å². The fourth-order valence-electron chi connectivity index (χ4n) is 0.945. The van der Waals surface area contributed by atoms with Crippen molar-refractivity contribution < 1.29 is 4.79 Å². The zero-order chi connectivity index (χ0) is 10.6. The molecule has 0 radical (unpaired) electrons. The summed E-state index contributed by atoms with van der Waals surface area (Å²) in [6.45, 7) is 2.41. The molecule has 1 rings (SSSR count). The standard InChI is InChI=1S/C8H10IN3O2/c1-2-11-7(13)4-12-5-10-3-6(9)8(12)14/h3,5H,2,4H2,1H3,(H,11,13). The zero-order valence-electron chi connectivity index (χ0n) is 7.66. The number of carbonyl (C=O) groups excluding carboxylic acids is 1. The van der Waals surface area contributed by atoms with Crippen LogP contribution in [-0.4, -0.2) is 22.0 Å². The predicted octanol–water partition coefficient (Wildman–Crippen LogP) is -0.0160. The van der Waals surface area contributed by atoms with Crippen LogP contribution in [0.1, 0.15) is 6.92 Å². The SMILES string of the molecule is CCNC(=O)Cn1cncc(I)c1=O. The van der Waals surface area contributed by atoms with E-state index >= 15 is 0 Å². The highest BCUT2D eigenvalue weighted by Crippen LogP contribution is 1.92. The van der Waals surface area contributed by atoms with Crippen molar-refractivity contribution in [1.29, 1.82) is 0 Å². The number of amides is 1. The van der Waals surface area contributed by atoms with E-state index in [2.05, 4.69) is 10.3 Å². The summed E-state index contributed by atoms with van der Waals surface area (Å²) in [4.78, 5) is 26.5. The van der Waals surface area contributed by atoms with E-state index in [1.54, 1.807) is 0 Å². The number of nitrogens with zero attached hydrogens (tertiary/aromatic N) is 2. The number of halogens is 1. The van der Waals surface area contributed by atoms with Crippen LogP contribution in [-0.2, 0) is 11.3 Å². The summed E-state index contributed by atoms with van der Waals surface area (Å²) < 4.78 is 1.79. The van der Waals surface area contributed by atoms with E-state index < -0.39 is 0 Å². The summed E-state index contributed by atoms with van der Waals surface area (Å²) in [7, 11) is 0. The van der Waals surface area contributed by atoms with Gasteiger partial charge in [-0.1, -0.05) is 0 Å². The molecule has 0 aliphatic heterocycles. The van der Waals surface area contributed by atoms with Crippen LogP contribution in [0.4, 0.5) is 0 Å². The van der Waals surface area contributed by atoms with Crippen molar-refractivity contribution in [2.24, 2.45) is 0 Å². The summed E-state index contributed by atoms with van der Waals surface area (Å²) in [5, 5.41) is 2.61. The number of nitrogens with one attached hydrogen (secondary N) is 1. The van der Waals surface area contributed by atoms with Gasteiger partial charge in [-0.25, -0.2) is 4.98 Å². The van der Waals surface area contributed by atoms with Gasteiger partial charge in [0.1, 0.15) is 6.54 Å². The molecule has 0 aliphatic rings. The quantitative estimate of drug-likeness (QED) is 0.799. The van der Waals surface area contributed by atoms with Gasteiger partial charge in [0.2, 0.25) is 5.91 Å². The Morgan fingerprint density at radius 3 is 3.07 bits per heavy atom. The molecule has 1 aromatic rings. The fourth-order valence-corrected chi connectivity index (χ4v) is 1.42. The molecular formula is C8H10IN3O2. The molecule has 0 fully saturated rings. The molecule has 76 valence electrons. The van der Waals surface area contributed by atoms with Crippen molar-refractivity contribution in [3.63, 3.8) is 0 Å². The van der Waals surface area contributed by atoms with E-state index in [9.17, 15) is 9.59 Å². The number of hydrogen-bond acceptors (Lipinski definition) is 3. The molecule has 14 heavy (non-hydrogen) atoms. The summed E-state index contributed by atoms with van der Waals surface area (Å²) in [6.07, 6.45) is 2.83. The number of rotatable bonds is 3. The summed E-state index contributed by atoms with van der Waals surface area (Å²) >= 11 is 1.89. The second kappa shape index (κ2) is 5.08. The molecule has 1 N–H and O–H groups in total. The van der Waals surface area contributed by atoms with Crippen molar-refractivity contribution in [3.8, 4) is 0 Å². The first-order chi connectivity index (χ1) is 6.65. The first-order valence-electron chi connectivity index (χ1n) is 4.11. The maximum Gasteiger partial charge on any atom is 0.267 e. The third-order valence-electron chi connectivity index (χ3n) is 1.55. The van der Waals surface area contributed by atoms with Crippen LogP contribution in [0.3, 0.4) is 0 Å². The lowest BCUT2D eigenvalue weighted by atomic mass is 10.5. The zero-order valence-corrected chi connectivity index (χ0v) is 9.82. The number of carbonyl (C=O) groups is 1. The van der Waals surface area contributed by atoms with Crippen LogP contribution >= 0.6 is 22.6 Å². The van der Waals surface area contributed by atoms with Gasteiger partial charge in [-0.15, -0.1) is 0 Å². The normalized spacial score (nSPS) is 9.86. The Hall–Kier alpha value is -0.920. The number of hydrogen-bond donors (Lipinski definition) is 1. The molecule has 1 aromatic heterocycles. The van der Waals surface area contributed by atoms with E-state index in [0.717, 1.165) is 0 Å². The Bertz CT molecular complexity index is 388. The lowest BCUT2D eigenvalue weighted by molar-refractivity contribution is -0.121. The average molecular weight is 307 g/mol. The molecule has 0 aromatic carbocycles. The maximum absolute atomic E-state index is 11.4. The molecule has 0 aliphatic carbocycles. The third kappa shape index (κ3) is 2.79. The molecule has 5 nitrogen and oxygen atoms in total. The first-order valence-corrected chi connectivity index (χ1v) is 5.19. The van der Waals surface area contributed by atoms with Crippen LogP contribution in [0.2, 0.25) is 0 Å². The van der Waals surface area contributed by atoms with Crippen molar-refractivity contribution >= 4 is 28.5 Å². The third-order valence-corrected chi connectivity index (χ3v) is 2.29. The Morgan fingerprint density at radius 2 is 2.43 bits per heavy atom. The minimum absolute atomic E-state index is 0.0243. The van der Waals surface area contributed by atoms with Crippen molar-refractivity contribution in [2.45, 2.75) is 13.5 Å². The van der Waals surface area contributed by atoms with Gasteiger partial charge in [-0.3, -0.25) is 14.2 Å². The van der Waals surface area contributed by atoms with Crippen LogP contribution < -0.4 is 10.9 Å². The van der Waals surface area contributed by atoms with Gasteiger partial charge in [-0.2, -0.15) is 0 Å². The number of likely N-dealkylation sites (N-methyl/N-ethyl adjacent to an activating group) is 1. The Balaban J connectivity index is 2.82. The van der Waals surface area contributed by atoms with Crippen LogP contribution in [0.15, 0.2) is 17.3 Å². The van der Waals surface area contributed by atoms with Crippen molar-refractivity contribution in [1.82, 2.24) is 14.9 Å². The number of aromatic nitrogens is 2. The van der Waals surface area contributed by atoms with Crippen LogP contribution in [0, 0.1) is 3.57 Å². The lowest BCUT2D eigenvalue weighted by Gasteiger charge is -2.04. The summed E-state index contributed by atoms with van der Waals surface area (Å²) in [6, 6.07) is 0. The fraction of sp³-hybridized carbons (Fsp3) is 0.375. The molecule has 0 unspecified atom stereocenters. The average Bonchev–Trinajstić information content (AvgIpc) is 2.13. The molecule has 6 heteroatoms. The van der Waals surface area contributed by atoms with E-state index in [4.69, 9.17) is 0 Å². The lowest BCUT2D eigenvalue weighted by Crippen LogP contribution is -2.32. The molecule has 0 saturated heterocycles. The minimum atomic E-state index is -0.188. The molecule has 0 atom stereocenters. The molecular weight excluding hydrogens is 297 g/mol. The molecule has 0 bridgehead atoms.